The zero-order chi connectivity index (χ0) is 13.3. The van der Waals surface area contributed by atoms with E-state index in [4.69, 9.17) is 4.74 Å². The molecule has 3 atom stereocenters. The van der Waals surface area contributed by atoms with E-state index in [1.807, 2.05) is 6.07 Å². The first-order valence-electron chi connectivity index (χ1n) is 6.35. The quantitative estimate of drug-likeness (QED) is 0.910. The molecule has 1 aliphatic heterocycles. The molecule has 18 heavy (non-hydrogen) atoms. The van der Waals surface area contributed by atoms with Gasteiger partial charge in [0, 0.05) is 23.2 Å². The first kappa shape index (κ1) is 13.8. The summed E-state index contributed by atoms with van der Waals surface area (Å²) in [5.41, 5.74) is 2.10. The number of ether oxygens (including phenoxy) is 1. The molecule has 4 heteroatoms. The van der Waals surface area contributed by atoms with Gasteiger partial charge in [0.1, 0.15) is 0 Å². The highest BCUT2D eigenvalue weighted by Crippen LogP contribution is 2.29. The Kier molecular flexibility index (Phi) is 4.30. The first-order valence-corrected chi connectivity index (χ1v) is 7.14. The average Bonchev–Trinajstić information content (AvgIpc) is 2.26. The summed E-state index contributed by atoms with van der Waals surface area (Å²) in [7, 11) is 0. The summed E-state index contributed by atoms with van der Waals surface area (Å²) in [4.78, 5) is 2.33. The number of morpholine rings is 1. The van der Waals surface area contributed by atoms with E-state index in [-0.39, 0.29) is 12.2 Å². The van der Waals surface area contributed by atoms with E-state index in [0.29, 0.717) is 0 Å². The van der Waals surface area contributed by atoms with Gasteiger partial charge in [0.2, 0.25) is 0 Å². The first-order chi connectivity index (χ1) is 8.47. The third-order valence-electron chi connectivity index (χ3n) is 3.22. The van der Waals surface area contributed by atoms with Gasteiger partial charge < -0.3 is 14.7 Å². The lowest BCUT2D eigenvalue weighted by Crippen LogP contribution is -2.45. The van der Waals surface area contributed by atoms with Gasteiger partial charge in [-0.05, 0) is 38.5 Å². The Hall–Kier alpha value is -0.580. The monoisotopic (exact) mass is 313 g/mol. The van der Waals surface area contributed by atoms with Gasteiger partial charge in [-0.2, -0.15) is 0 Å². The molecule has 1 N–H and O–H groups in total. The molecule has 1 aromatic carbocycles. The predicted octanol–water partition coefficient (Wildman–Crippen LogP) is 3.12. The highest BCUT2D eigenvalue weighted by Gasteiger charge is 2.22. The third-order valence-corrected chi connectivity index (χ3v) is 3.91. The molecule has 0 radical (unpaired) electrons. The van der Waals surface area contributed by atoms with Gasteiger partial charge in [0.05, 0.1) is 18.3 Å². The van der Waals surface area contributed by atoms with Crippen LogP contribution in [0.25, 0.3) is 0 Å². The fraction of sp³-hybridized carbons (Fsp3) is 0.571. The number of aliphatic hydroxyl groups is 1. The molecule has 0 saturated carbocycles. The van der Waals surface area contributed by atoms with Crippen molar-refractivity contribution in [1.82, 2.24) is 0 Å². The van der Waals surface area contributed by atoms with Gasteiger partial charge in [-0.15, -0.1) is 0 Å². The Bertz CT molecular complexity index is 412. The van der Waals surface area contributed by atoms with Gasteiger partial charge in [-0.25, -0.2) is 0 Å². The SMILES string of the molecule is C[C@@H]1CN(c2ccc([C@H](C)O)c(Br)c2)C[C@H](C)O1. The molecule has 1 saturated heterocycles. The summed E-state index contributed by atoms with van der Waals surface area (Å²) < 4.78 is 6.70. The predicted molar refractivity (Wildman–Crippen MR) is 77.0 cm³/mol. The molecule has 100 valence electrons. The Balaban J connectivity index is 2.21. The van der Waals surface area contributed by atoms with E-state index in [1.165, 1.54) is 5.69 Å². The van der Waals surface area contributed by atoms with E-state index in [1.54, 1.807) is 6.92 Å². The minimum atomic E-state index is -0.448. The van der Waals surface area contributed by atoms with Crippen LogP contribution in [-0.2, 0) is 4.74 Å². The smallest absolute Gasteiger partial charge is 0.0772 e. The molecule has 0 bridgehead atoms. The molecule has 0 aromatic heterocycles. The van der Waals surface area contributed by atoms with E-state index >= 15 is 0 Å². The van der Waals surface area contributed by atoms with E-state index in [2.05, 4.69) is 46.8 Å². The number of halogens is 1. The van der Waals surface area contributed by atoms with Crippen LogP contribution in [0.4, 0.5) is 5.69 Å². The van der Waals surface area contributed by atoms with Gasteiger partial charge in [0.15, 0.2) is 0 Å². The summed E-state index contributed by atoms with van der Waals surface area (Å²) in [5, 5.41) is 9.63. The number of aliphatic hydroxyl groups excluding tert-OH is 1. The molecule has 2 rings (SSSR count). The maximum Gasteiger partial charge on any atom is 0.0772 e. The second-order valence-corrected chi connectivity index (χ2v) is 5.90. The number of rotatable bonds is 2. The normalized spacial score (nSPS) is 26.2. The van der Waals surface area contributed by atoms with Crippen LogP contribution in [0, 0.1) is 0 Å². The van der Waals surface area contributed by atoms with Gasteiger partial charge in [-0.1, -0.05) is 22.0 Å². The lowest BCUT2D eigenvalue weighted by Gasteiger charge is -2.37. The average molecular weight is 314 g/mol. The van der Waals surface area contributed by atoms with Gasteiger partial charge in [-0.3, -0.25) is 0 Å². The lowest BCUT2D eigenvalue weighted by molar-refractivity contribution is -0.00522. The van der Waals surface area contributed by atoms with Crippen LogP contribution in [0.3, 0.4) is 0 Å². The van der Waals surface area contributed by atoms with E-state index in [0.717, 1.165) is 23.1 Å². The largest absolute Gasteiger partial charge is 0.389 e. The number of benzene rings is 1. The highest BCUT2D eigenvalue weighted by atomic mass is 79.9. The standard InChI is InChI=1S/C14H20BrNO2/c1-9-7-16(8-10(2)18-9)12-4-5-13(11(3)17)14(15)6-12/h4-6,9-11,17H,7-8H2,1-3H3/t9-,10+,11-/m0/s1. The molecule has 1 aromatic rings. The maximum atomic E-state index is 9.63. The fourth-order valence-corrected chi connectivity index (χ4v) is 3.14. The summed E-state index contributed by atoms with van der Waals surface area (Å²) in [6.07, 6.45) is 0.0592. The van der Waals surface area contributed by atoms with Crippen molar-refractivity contribution in [1.29, 1.82) is 0 Å². The van der Waals surface area contributed by atoms with Crippen LogP contribution < -0.4 is 4.90 Å². The lowest BCUT2D eigenvalue weighted by atomic mass is 10.1. The van der Waals surface area contributed by atoms with Crippen molar-refractivity contribution in [2.45, 2.75) is 39.1 Å². The molecule has 0 spiro atoms. The molecule has 0 amide bonds. The van der Waals surface area contributed by atoms with Crippen molar-refractivity contribution in [2.75, 3.05) is 18.0 Å². The molecule has 3 nitrogen and oxygen atoms in total. The number of hydrogen-bond acceptors (Lipinski definition) is 3. The molecule has 0 unspecified atom stereocenters. The Labute approximate surface area is 117 Å². The van der Waals surface area contributed by atoms with Crippen LogP contribution in [-0.4, -0.2) is 30.4 Å². The Morgan fingerprint density at radius 3 is 2.44 bits per heavy atom. The minimum Gasteiger partial charge on any atom is -0.389 e. The second-order valence-electron chi connectivity index (χ2n) is 5.04. The van der Waals surface area contributed by atoms with Crippen molar-refractivity contribution in [3.8, 4) is 0 Å². The summed E-state index contributed by atoms with van der Waals surface area (Å²) >= 11 is 3.53. The molecule has 1 fully saturated rings. The molecular formula is C14H20BrNO2. The van der Waals surface area contributed by atoms with Crippen molar-refractivity contribution >= 4 is 21.6 Å². The Morgan fingerprint density at radius 2 is 1.94 bits per heavy atom. The topological polar surface area (TPSA) is 32.7 Å². The van der Waals surface area contributed by atoms with Crippen LogP contribution in [0.15, 0.2) is 22.7 Å². The number of anilines is 1. The van der Waals surface area contributed by atoms with Gasteiger partial charge in [0.25, 0.3) is 0 Å². The molecular weight excluding hydrogens is 294 g/mol. The zero-order valence-corrected chi connectivity index (χ0v) is 12.6. The van der Waals surface area contributed by atoms with Crippen molar-refractivity contribution in [3.05, 3.63) is 28.2 Å². The molecule has 0 aliphatic carbocycles. The summed E-state index contributed by atoms with van der Waals surface area (Å²) in [6.45, 7) is 7.79. The van der Waals surface area contributed by atoms with Crippen molar-refractivity contribution in [2.24, 2.45) is 0 Å². The van der Waals surface area contributed by atoms with E-state index < -0.39 is 6.10 Å². The summed E-state index contributed by atoms with van der Waals surface area (Å²) in [5.74, 6) is 0. The highest BCUT2D eigenvalue weighted by molar-refractivity contribution is 9.10. The van der Waals surface area contributed by atoms with Crippen LogP contribution in [0.1, 0.15) is 32.4 Å². The third kappa shape index (κ3) is 3.05. The van der Waals surface area contributed by atoms with Crippen LogP contribution >= 0.6 is 15.9 Å². The Morgan fingerprint density at radius 1 is 1.33 bits per heavy atom. The molecule has 1 heterocycles. The second kappa shape index (κ2) is 5.59. The van der Waals surface area contributed by atoms with E-state index in [9.17, 15) is 5.11 Å². The number of hydrogen-bond donors (Lipinski definition) is 1. The number of nitrogens with zero attached hydrogens (tertiary/aromatic N) is 1. The fourth-order valence-electron chi connectivity index (χ4n) is 2.44. The van der Waals surface area contributed by atoms with Crippen LogP contribution in [0.2, 0.25) is 0 Å². The molecule has 1 aliphatic rings. The van der Waals surface area contributed by atoms with Crippen molar-refractivity contribution < 1.29 is 9.84 Å². The van der Waals surface area contributed by atoms with Gasteiger partial charge >= 0.3 is 0 Å². The summed E-state index contributed by atoms with van der Waals surface area (Å²) in [6, 6.07) is 6.12. The van der Waals surface area contributed by atoms with Crippen molar-refractivity contribution in [3.63, 3.8) is 0 Å². The maximum absolute atomic E-state index is 9.63. The zero-order valence-electron chi connectivity index (χ0n) is 11.1. The minimum absolute atomic E-state index is 0.254. The van der Waals surface area contributed by atoms with Crippen LogP contribution in [0.5, 0.6) is 0 Å².